The molecule has 0 heterocycles. The maximum absolute atomic E-state index is 12.4. The van der Waals surface area contributed by atoms with E-state index in [9.17, 15) is 9.59 Å². The molecule has 1 amide bonds. The van der Waals surface area contributed by atoms with E-state index in [0.29, 0.717) is 28.4 Å². The zero-order chi connectivity index (χ0) is 20.6. The van der Waals surface area contributed by atoms with Gasteiger partial charge in [-0.1, -0.05) is 23.7 Å². The van der Waals surface area contributed by atoms with Gasteiger partial charge in [0.2, 0.25) is 0 Å². The van der Waals surface area contributed by atoms with Gasteiger partial charge in [0.15, 0.2) is 12.4 Å². The smallest absolute Gasteiger partial charge is 0.258 e. The first kappa shape index (κ1) is 20.4. The lowest BCUT2D eigenvalue weighted by Crippen LogP contribution is -2.28. The summed E-state index contributed by atoms with van der Waals surface area (Å²) in [5.74, 6) is 0.897. The molecule has 3 rings (SSSR count). The van der Waals surface area contributed by atoms with Crippen molar-refractivity contribution >= 4 is 23.3 Å². The molecule has 0 aliphatic rings. The van der Waals surface area contributed by atoms with E-state index in [1.54, 1.807) is 55.6 Å². The number of rotatable bonds is 8. The average molecular weight is 410 g/mol. The normalized spacial score (nSPS) is 10.3. The molecule has 0 fully saturated rings. The molecule has 0 bridgehead atoms. The average Bonchev–Trinajstić information content (AvgIpc) is 2.77. The first-order valence-electron chi connectivity index (χ1n) is 8.98. The van der Waals surface area contributed by atoms with Crippen molar-refractivity contribution in [2.45, 2.75) is 6.54 Å². The highest BCUT2D eigenvalue weighted by molar-refractivity contribution is 6.30. The first-order chi connectivity index (χ1) is 14.0. The molecule has 0 atom stereocenters. The molecule has 0 aliphatic heterocycles. The second-order valence-corrected chi connectivity index (χ2v) is 6.71. The zero-order valence-electron chi connectivity index (χ0n) is 15.9. The van der Waals surface area contributed by atoms with Crippen LogP contribution >= 0.6 is 11.6 Å². The predicted molar refractivity (Wildman–Crippen MR) is 112 cm³/mol. The molecule has 29 heavy (non-hydrogen) atoms. The van der Waals surface area contributed by atoms with Crippen LogP contribution in [0.15, 0.2) is 72.8 Å². The van der Waals surface area contributed by atoms with Crippen LogP contribution < -0.4 is 14.8 Å². The number of methoxy groups -OCH3 is 1. The third-order valence-corrected chi connectivity index (χ3v) is 4.47. The fraction of sp³-hybridized carbons (Fsp3) is 0.130. The summed E-state index contributed by atoms with van der Waals surface area (Å²) in [5, 5.41) is 3.37. The molecule has 5 nitrogen and oxygen atoms in total. The van der Waals surface area contributed by atoms with Gasteiger partial charge in [-0.25, -0.2) is 0 Å². The van der Waals surface area contributed by atoms with Crippen molar-refractivity contribution in [1.29, 1.82) is 0 Å². The van der Waals surface area contributed by atoms with E-state index < -0.39 is 0 Å². The van der Waals surface area contributed by atoms with Gasteiger partial charge in [-0.05, 0) is 66.2 Å². The molecule has 148 valence electrons. The zero-order valence-corrected chi connectivity index (χ0v) is 16.6. The van der Waals surface area contributed by atoms with E-state index in [0.717, 1.165) is 11.3 Å². The number of hydrogen-bond acceptors (Lipinski definition) is 4. The Balaban J connectivity index is 1.49. The van der Waals surface area contributed by atoms with Crippen LogP contribution in [-0.2, 0) is 11.3 Å². The Kier molecular flexibility index (Phi) is 6.87. The standard InChI is InChI=1S/C23H20ClNO4/c1-28-21-4-2-3-16(13-21)14-25-22(26)15-29-20-11-7-18(8-12-20)23(27)17-5-9-19(24)10-6-17/h2-13H,14-15H2,1H3,(H,25,26). The Morgan fingerprint density at radius 2 is 1.55 bits per heavy atom. The van der Waals surface area contributed by atoms with Gasteiger partial charge in [0.25, 0.3) is 5.91 Å². The number of nitrogens with one attached hydrogen (secondary N) is 1. The third kappa shape index (κ3) is 5.83. The number of hydrogen-bond donors (Lipinski definition) is 1. The van der Waals surface area contributed by atoms with Crippen LogP contribution in [0.3, 0.4) is 0 Å². The van der Waals surface area contributed by atoms with Gasteiger partial charge in [0, 0.05) is 22.7 Å². The molecule has 6 heteroatoms. The van der Waals surface area contributed by atoms with Crippen molar-refractivity contribution in [3.8, 4) is 11.5 Å². The second-order valence-electron chi connectivity index (χ2n) is 6.28. The fourth-order valence-electron chi connectivity index (χ4n) is 2.65. The largest absolute Gasteiger partial charge is 0.497 e. The van der Waals surface area contributed by atoms with Gasteiger partial charge in [0.05, 0.1) is 7.11 Å². The van der Waals surface area contributed by atoms with E-state index >= 15 is 0 Å². The second kappa shape index (κ2) is 9.75. The molecule has 0 saturated heterocycles. The van der Waals surface area contributed by atoms with Crippen molar-refractivity contribution in [2.75, 3.05) is 13.7 Å². The van der Waals surface area contributed by atoms with Crippen LogP contribution in [0.1, 0.15) is 21.5 Å². The maximum atomic E-state index is 12.4. The topological polar surface area (TPSA) is 64.6 Å². The van der Waals surface area contributed by atoms with E-state index in [1.165, 1.54) is 0 Å². The molecule has 0 unspecified atom stereocenters. The quantitative estimate of drug-likeness (QED) is 0.564. The van der Waals surface area contributed by atoms with E-state index in [4.69, 9.17) is 21.1 Å². The predicted octanol–water partition coefficient (Wildman–Crippen LogP) is 4.27. The van der Waals surface area contributed by atoms with Crippen LogP contribution in [0.25, 0.3) is 0 Å². The van der Waals surface area contributed by atoms with Crippen LogP contribution in [0.5, 0.6) is 11.5 Å². The molecule has 0 saturated carbocycles. The van der Waals surface area contributed by atoms with Crippen molar-refractivity contribution in [2.24, 2.45) is 0 Å². The number of carbonyl (C=O) groups excluding carboxylic acids is 2. The Morgan fingerprint density at radius 3 is 2.21 bits per heavy atom. The summed E-state index contributed by atoms with van der Waals surface area (Å²) in [7, 11) is 1.60. The van der Waals surface area contributed by atoms with Gasteiger partial charge < -0.3 is 14.8 Å². The minimum Gasteiger partial charge on any atom is -0.497 e. The molecule has 0 aliphatic carbocycles. The van der Waals surface area contributed by atoms with Gasteiger partial charge in [0.1, 0.15) is 11.5 Å². The Labute approximate surface area is 174 Å². The van der Waals surface area contributed by atoms with Crippen molar-refractivity contribution in [3.63, 3.8) is 0 Å². The fourth-order valence-corrected chi connectivity index (χ4v) is 2.78. The molecule has 1 N–H and O–H groups in total. The Hall–Kier alpha value is -3.31. The summed E-state index contributed by atoms with van der Waals surface area (Å²) in [6.45, 7) is 0.266. The van der Waals surface area contributed by atoms with Gasteiger partial charge >= 0.3 is 0 Å². The molecule has 3 aromatic rings. The van der Waals surface area contributed by atoms with Crippen LogP contribution in [0.2, 0.25) is 5.02 Å². The maximum Gasteiger partial charge on any atom is 0.258 e. The molecular weight excluding hydrogens is 390 g/mol. The third-order valence-electron chi connectivity index (χ3n) is 4.22. The van der Waals surface area contributed by atoms with E-state index in [2.05, 4.69) is 5.32 Å². The van der Waals surface area contributed by atoms with E-state index in [-0.39, 0.29) is 18.3 Å². The summed E-state index contributed by atoms with van der Waals surface area (Å²) < 4.78 is 10.7. The van der Waals surface area contributed by atoms with Crippen LogP contribution in [0.4, 0.5) is 0 Å². The Bertz CT molecular complexity index is 985. The summed E-state index contributed by atoms with van der Waals surface area (Å²) in [6.07, 6.45) is 0. The molecule has 3 aromatic carbocycles. The lowest BCUT2D eigenvalue weighted by molar-refractivity contribution is -0.123. The van der Waals surface area contributed by atoms with Crippen molar-refractivity contribution < 1.29 is 19.1 Å². The highest BCUT2D eigenvalue weighted by Gasteiger charge is 2.10. The summed E-state index contributed by atoms with van der Waals surface area (Å²) in [6, 6.07) is 20.9. The summed E-state index contributed by atoms with van der Waals surface area (Å²) in [5.41, 5.74) is 2.02. The van der Waals surface area contributed by atoms with Gasteiger partial charge in [-0.15, -0.1) is 0 Å². The monoisotopic (exact) mass is 409 g/mol. The highest BCUT2D eigenvalue weighted by Crippen LogP contribution is 2.17. The number of ketones is 1. The lowest BCUT2D eigenvalue weighted by Gasteiger charge is -2.09. The number of benzene rings is 3. The molecular formula is C23H20ClNO4. The number of halogens is 1. The van der Waals surface area contributed by atoms with Crippen LogP contribution in [0, 0.1) is 0 Å². The van der Waals surface area contributed by atoms with E-state index in [1.807, 2.05) is 24.3 Å². The first-order valence-corrected chi connectivity index (χ1v) is 9.36. The summed E-state index contributed by atoms with van der Waals surface area (Å²) in [4.78, 5) is 24.4. The van der Waals surface area contributed by atoms with Crippen LogP contribution in [-0.4, -0.2) is 25.4 Å². The van der Waals surface area contributed by atoms with Crippen molar-refractivity contribution in [3.05, 3.63) is 94.5 Å². The summed E-state index contributed by atoms with van der Waals surface area (Å²) >= 11 is 5.85. The number of carbonyl (C=O) groups is 2. The number of ether oxygens (including phenoxy) is 2. The highest BCUT2D eigenvalue weighted by atomic mass is 35.5. The molecule has 0 spiro atoms. The molecule has 0 radical (unpaired) electrons. The lowest BCUT2D eigenvalue weighted by atomic mass is 10.0. The number of amides is 1. The minimum atomic E-state index is -0.242. The Morgan fingerprint density at radius 1 is 0.897 bits per heavy atom. The van der Waals surface area contributed by atoms with Gasteiger partial charge in [-0.2, -0.15) is 0 Å². The van der Waals surface area contributed by atoms with Crippen molar-refractivity contribution in [1.82, 2.24) is 5.32 Å². The molecule has 0 aromatic heterocycles. The van der Waals surface area contributed by atoms with Gasteiger partial charge in [-0.3, -0.25) is 9.59 Å². The minimum absolute atomic E-state index is 0.107. The SMILES string of the molecule is COc1cccc(CNC(=O)COc2ccc(C(=O)c3ccc(Cl)cc3)cc2)c1.